The van der Waals surface area contributed by atoms with E-state index in [0.29, 0.717) is 51.4 Å². The van der Waals surface area contributed by atoms with Gasteiger partial charge in [0.2, 0.25) is 0 Å². The van der Waals surface area contributed by atoms with E-state index in [2.05, 4.69) is 22.5 Å². The molecule has 9 heteroatoms. The Morgan fingerprint density at radius 2 is 1.91 bits per heavy atom. The van der Waals surface area contributed by atoms with E-state index >= 15 is 0 Å². The molecule has 0 saturated heterocycles. The monoisotopic (exact) mass is 527 g/mol. The molecule has 0 spiro atoms. The van der Waals surface area contributed by atoms with Gasteiger partial charge in [-0.3, -0.25) is 10.1 Å². The molecule has 0 bridgehead atoms. The van der Waals surface area contributed by atoms with Crippen LogP contribution in [0.3, 0.4) is 0 Å². The van der Waals surface area contributed by atoms with Crippen LogP contribution in [0.25, 0.3) is 11.1 Å². The zero-order valence-electron chi connectivity index (χ0n) is 18.9. The Morgan fingerprint density at radius 3 is 2.69 bits per heavy atom. The molecule has 0 aliphatic rings. The third-order valence-corrected chi connectivity index (χ3v) is 5.81. The van der Waals surface area contributed by atoms with Gasteiger partial charge >= 0.3 is 0 Å². The maximum atomic E-state index is 12.6. The SMILES string of the molecule is CCCCOc1cccc(C(=O)NC(=S)Nc2ccc(Cc3nc4cc(Cl)cc(Cl)c4o3)cc2)c1. The van der Waals surface area contributed by atoms with Crippen LogP contribution in [0.4, 0.5) is 5.69 Å². The number of halogens is 2. The molecule has 4 rings (SSSR count). The number of fused-ring (bicyclic) bond motifs is 1. The van der Waals surface area contributed by atoms with E-state index in [0.717, 1.165) is 24.1 Å². The highest BCUT2D eigenvalue weighted by Gasteiger charge is 2.12. The van der Waals surface area contributed by atoms with Crippen molar-refractivity contribution in [3.8, 4) is 5.75 Å². The standard InChI is InChI=1S/C26H23Cl2N3O3S/c1-2-3-11-33-20-6-4-5-17(13-20)25(32)31-26(35)29-19-9-7-16(8-10-19)12-23-30-22-15-18(27)14-21(28)24(22)34-23/h4-10,13-15H,2-3,11-12H2,1H3,(H2,29,31,32,35). The number of rotatable bonds is 8. The first-order valence-corrected chi connectivity index (χ1v) is 12.3. The highest BCUT2D eigenvalue weighted by Crippen LogP contribution is 2.29. The minimum Gasteiger partial charge on any atom is -0.494 e. The summed E-state index contributed by atoms with van der Waals surface area (Å²) < 4.78 is 11.4. The number of carbonyl (C=O) groups excluding carboxylic acids is 1. The van der Waals surface area contributed by atoms with Gasteiger partial charge in [-0.15, -0.1) is 0 Å². The van der Waals surface area contributed by atoms with Crippen molar-refractivity contribution >= 4 is 63.2 Å². The first-order valence-electron chi connectivity index (χ1n) is 11.1. The molecule has 0 saturated carbocycles. The first-order chi connectivity index (χ1) is 16.9. The molecule has 0 aliphatic carbocycles. The van der Waals surface area contributed by atoms with E-state index in [-0.39, 0.29) is 11.0 Å². The van der Waals surface area contributed by atoms with Gasteiger partial charge in [0, 0.05) is 22.7 Å². The second-order valence-corrected chi connectivity index (χ2v) is 9.11. The molecule has 0 atom stereocenters. The Balaban J connectivity index is 1.33. The maximum Gasteiger partial charge on any atom is 0.257 e. The van der Waals surface area contributed by atoms with E-state index < -0.39 is 0 Å². The second kappa shape index (κ2) is 11.5. The summed E-state index contributed by atoms with van der Waals surface area (Å²) >= 11 is 17.5. The van der Waals surface area contributed by atoms with Gasteiger partial charge in [-0.25, -0.2) is 4.98 Å². The van der Waals surface area contributed by atoms with E-state index in [1.54, 1.807) is 30.3 Å². The fraction of sp³-hybridized carbons (Fsp3) is 0.192. The van der Waals surface area contributed by atoms with Crippen molar-refractivity contribution in [2.24, 2.45) is 0 Å². The molecule has 35 heavy (non-hydrogen) atoms. The molecule has 2 N–H and O–H groups in total. The van der Waals surface area contributed by atoms with Crippen molar-refractivity contribution in [2.45, 2.75) is 26.2 Å². The first kappa shape index (κ1) is 25.0. The minimum absolute atomic E-state index is 0.200. The smallest absolute Gasteiger partial charge is 0.257 e. The minimum atomic E-state index is -0.310. The summed E-state index contributed by atoms with van der Waals surface area (Å²) in [5.41, 5.74) is 3.33. The number of ether oxygens (including phenoxy) is 1. The summed E-state index contributed by atoms with van der Waals surface area (Å²) in [6, 6.07) is 17.9. The number of amides is 1. The number of thiocarbonyl (C=S) groups is 1. The van der Waals surface area contributed by atoms with Crippen LogP contribution in [0.1, 0.15) is 41.6 Å². The lowest BCUT2D eigenvalue weighted by molar-refractivity contribution is 0.0977. The molecule has 0 aliphatic heterocycles. The third-order valence-electron chi connectivity index (χ3n) is 5.11. The van der Waals surface area contributed by atoms with E-state index in [1.165, 1.54) is 0 Å². The van der Waals surface area contributed by atoms with Crippen molar-refractivity contribution in [1.29, 1.82) is 0 Å². The topological polar surface area (TPSA) is 76.4 Å². The summed E-state index contributed by atoms with van der Waals surface area (Å²) in [6.45, 7) is 2.71. The Bertz CT molecular complexity index is 1360. The largest absolute Gasteiger partial charge is 0.494 e. The molecular weight excluding hydrogens is 505 g/mol. The maximum absolute atomic E-state index is 12.6. The van der Waals surface area contributed by atoms with Crippen molar-refractivity contribution < 1.29 is 13.9 Å². The number of aromatic nitrogens is 1. The lowest BCUT2D eigenvalue weighted by Gasteiger charge is -2.11. The van der Waals surface area contributed by atoms with Crippen molar-refractivity contribution in [2.75, 3.05) is 11.9 Å². The van der Waals surface area contributed by atoms with Crippen molar-refractivity contribution in [3.05, 3.63) is 87.7 Å². The normalized spacial score (nSPS) is 10.8. The molecule has 3 aromatic carbocycles. The number of oxazole rings is 1. The molecule has 4 aromatic rings. The lowest BCUT2D eigenvalue weighted by Crippen LogP contribution is -2.34. The molecule has 1 aromatic heterocycles. The number of hydrogen-bond acceptors (Lipinski definition) is 5. The molecule has 1 amide bonds. The van der Waals surface area contributed by atoms with Crippen LogP contribution >= 0.6 is 35.4 Å². The molecule has 0 radical (unpaired) electrons. The van der Waals surface area contributed by atoms with Gasteiger partial charge in [-0.1, -0.05) is 54.7 Å². The summed E-state index contributed by atoms with van der Waals surface area (Å²) in [4.78, 5) is 17.0. The number of benzene rings is 3. The van der Waals surface area contributed by atoms with Crippen molar-refractivity contribution in [1.82, 2.24) is 10.3 Å². The van der Waals surface area contributed by atoms with Crippen LogP contribution in [0.2, 0.25) is 10.0 Å². The number of anilines is 1. The van der Waals surface area contributed by atoms with Gasteiger partial charge in [-0.2, -0.15) is 0 Å². The van der Waals surface area contributed by atoms with E-state index in [9.17, 15) is 4.79 Å². The summed E-state index contributed by atoms with van der Waals surface area (Å²) in [7, 11) is 0. The van der Waals surface area contributed by atoms with Crippen LogP contribution in [-0.2, 0) is 6.42 Å². The van der Waals surface area contributed by atoms with Crippen LogP contribution in [0.15, 0.2) is 65.1 Å². The molecule has 1 heterocycles. The average molecular weight is 528 g/mol. The zero-order valence-corrected chi connectivity index (χ0v) is 21.3. The second-order valence-electron chi connectivity index (χ2n) is 7.86. The number of nitrogens with one attached hydrogen (secondary N) is 2. The zero-order chi connectivity index (χ0) is 24.8. The third kappa shape index (κ3) is 6.72. The number of nitrogens with zero attached hydrogens (tertiary/aromatic N) is 1. The van der Waals surface area contributed by atoms with Gasteiger partial charge in [0.05, 0.1) is 11.6 Å². The molecule has 6 nitrogen and oxygen atoms in total. The molecular formula is C26H23Cl2N3O3S. The Labute approximate surface area is 218 Å². The van der Waals surface area contributed by atoms with Crippen LogP contribution in [0.5, 0.6) is 5.75 Å². The van der Waals surface area contributed by atoms with Gasteiger partial charge in [0.15, 0.2) is 16.6 Å². The Hall–Kier alpha value is -3.13. The molecule has 0 fully saturated rings. The predicted molar refractivity (Wildman–Crippen MR) is 144 cm³/mol. The van der Waals surface area contributed by atoms with Crippen molar-refractivity contribution in [3.63, 3.8) is 0 Å². The lowest BCUT2D eigenvalue weighted by atomic mass is 10.1. The number of hydrogen-bond donors (Lipinski definition) is 2. The van der Waals surface area contributed by atoms with Crippen LogP contribution in [0, 0.1) is 0 Å². The van der Waals surface area contributed by atoms with Gasteiger partial charge < -0.3 is 14.5 Å². The summed E-state index contributed by atoms with van der Waals surface area (Å²) in [6.07, 6.45) is 2.49. The van der Waals surface area contributed by atoms with Crippen LogP contribution in [-0.4, -0.2) is 22.6 Å². The number of carbonyl (C=O) groups is 1. The molecule has 180 valence electrons. The Morgan fingerprint density at radius 1 is 1.11 bits per heavy atom. The Kier molecular flexibility index (Phi) is 8.23. The van der Waals surface area contributed by atoms with Gasteiger partial charge in [0.25, 0.3) is 5.91 Å². The number of unbranched alkanes of at least 4 members (excludes halogenated alkanes) is 1. The highest BCUT2D eigenvalue weighted by molar-refractivity contribution is 7.80. The summed E-state index contributed by atoms with van der Waals surface area (Å²) in [5, 5.41) is 6.85. The predicted octanol–water partition coefficient (Wildman–Crippen LogP) is 7.03. The van der Waals surface area contributed by atoms with E-state index in [1.807, 2.05) is 30.3 Å². The molecule has 0 unspecified atom stereocenters. The average Bonchev–Trinajstić information content (AvgIpc) is 3.23. The fourth-order valence-electron chi connectivity index (χ4n) is 3.36. The summed E-state index contributed by atoms with van der Waals surface area (Å²) in [5.74, 6) is 0.883. The van der Waals surface area contributed by atoms with Gasteiger partial charge in [-0.05, 0) is 66.7 Å². The van der Waals surface area contributed by atoms with E-state index in [4.69, 9.17) is 44.6 Å². The van der Waals surface area contributed by atoms with Gasteiger partial charge in [0.1, 0.15) is 11.3 Å². The van der Waals surface area contributed by atoms with Crippen LogP contribution < -0.4 is 15.4 Å². The fourth-order valence-corrected chi connectivity index (χ4v) is 4.09. The highest BCUT2D eigenvalue weighted by atomic mass is 35.5. The quantitative estimate of drug-likeness (QED) is 0.189.